The van der Waals surface area contributed by atoms with Crippen LogP contribution in [0.25, 0.3) is 0 Å². The van der Waals surface area contributed by atoms with Gasteiger partial charge in [-0.1, -0.05) is 25.5 Å². The summed E-state index contributed by atoms with van der Waals surface area (Å²) in [6.07, 6.45) is 6.22. The van der Waals surface area contributed by atoms with Crippen molar-refractivity contribution >= 4 is 0 Å². The zero-order valence-corrected chi connectivity index (χ0v) is 10.7. The molecular formula is C15H23NO. The Labute approximate surface area is 104 Å². The van der Waals surface area contributed by atoms with Crippen molar-refractivity contribution in [3.05, 3.63) is 29.8 Å². The highest BCUT2D eigenvalue weighted by Crippen LogP contribution is 2.31. The SMILES string of the molecule is CCCCc1ccc(OCC(N)C2CC2)cc1. The van der Waals surface area contributed by atoms with E-state index in [4.69, 9.17) is 10.5 Å². The molecule has 2 rings (SSSR count). The van der Waals surface area contributed by atoms with E-state index in [9.17, 15) is 0 Å². The number of hydrogen-bond donors (Lipinski definition) is 1. The van der Waals surface area contributed by atoms with Crippen molar-refractivity contribution in [1.82, 2.24) is 0 Å². The predicted octanol–water partition coefficient (Wildman–Crippen LogP) is 3.15. The van der Waals surface area contributed by atoms with Crippen molar-refractivity contribution in [2.75, 3.05) is 6.61 Å². The first-order chi connectivity index (χ1) is 8.29. The van der Waals surface area contributed by atoms with Crippen LogP contribution in [0.5, 0.6) is 5.75 Å². The van der Waals surface area contributed by atoms with Crippen LogP contribution in [0.2, 0.25) is 0 Å². The highest BCUT2D eigenvalue weighted by atomic mass is 16.5. The molecule has 1 fully saturated rings. The van der Waals surface area contributed by atoms with Crippen molar-refractivity contribution < 1.29 is 4.74 Å². The van der Waals surface area contributed by atoms with Crippen LogP contribution in [0.4, 0.5) is 0 Å². The molecule has 1 unspecified atom stereocenters. The minimum absolute atomic E-state index is 0.217. The van der Waals surface area contributed by atoms with E-state index in [1.807, 2.05) is 0 Å². The summed E-state index contributed by atoms with van der Waals surface area (Å²) in [7, 11) is 0. The van der Waals surface area contributed by atoms with Gasteiger partial charge in [-0.25, -0.2) is 0 Å². The Morgan fingerprint density at radius 1 is 1.29 bits per heavy atom. The summed E-state index contributed by atoms with van der Waals surface area (Å²) in [5.74, 6) is 1.65. The second kappa shape index (κ2) is 6.06. The summed E-state index contributed by atoms with van der Waals surface area (Å²) in [5, 5.41) is 0. The molecule has 0 heterocycles. The van der Waals surface area contributed by atoms with Crippen LogP contribution in [0, 0.1) is 5.92 Å². The van der Waals surface area contributed by atoms with Gasteiger partial charge in [0, 0.05) is 6.04 Å². The zero-order valence-electron chi connectivity index (χ0n) is 10.7. The van der Waals surface area contributed by atoms with Gasteiger partial charge < -0.3 is 10.5 Å². The molecule has 0 spiro atoms. The van der Waals surface area contributed by atoms with E-state index >= 15 is 0 Å². The maximum atomic E-state index is 6.00. The van der Waals surface area contributed by atoms with E-state index in [0.29, 0.717) is 12.5 Å². The molecule has 0 bridgehead atoms. The van der Waals surface area contributed by atoms with Gasteiger partial charge in [0.15, 0.2) is 0 Å². The molecule has 0 radical (unpaired) electrons. The van der Waals surface area contributed by atoms with Crippen molar-refractivity contribution in [2.45, 2.75) is 45.1 Å². The number of unbranched alkanes of at least 4 members (excludes halogenated alkanes) is 1. The lowest BCUT2D eigenvalue weighted by Crippen LogP contribution is -2.29. The van der Waals surface area contributed by atoms with Crippen molar-refractivity contribution in [2.24, 2.45) is 11.7 Å². The van der Waals surface area contributed by atoms with Gasteiger partial charge in [-0.15, -0.1) is 0 Å². The van der Waals surface area contributed by atoms with Crippen molar-refractivity contribution in [3.63, 3.8) is 0 Å². The van der Waals surface area contributed by atoms with Gasteiger partial charge in [-0.05, 0) is 49.3 Å². The van der Waals surface area contributed by atoms with E-state index in [2.05, 4.69) is 31.2 Å². The molecule has 1 aliphatic carbocycles. The van der Waals surface area contributed by atoms with Crippen molar-refractivity contribution in [1.29, 1.82) is 0 Å². The Kier molecular flexibility index (Phi) is 4.43. The molecule has 0 aliphatic heterocycles. The van der Waals surface area contributed by atoms with E-state index in [1.165, 1.54) is 37.7 Å². The Hall–Kier alpha value is -1.02. The van der Waals surface area contributed by atoms with Crippen LogP contribution >= 0.6 is 0 Å². The average Bonchev–Trinajstić information content (AvgIpc) is 3.19. The Balaban J connectivity index is 1.76. The number of benzene rings is 1. The van der Waals surface area contributed by atoms with Gasteiger partial charge in [0.05, 0.1) is 0 Å². The molecule has 2 nitrogen and oxygen atoms in total. The fraction of sp³-hybridized carbons (Fsp3) is 0.600. The van der Waals surface area contributed by atoms with Gasteiger partial charge in [0.1, 0.15) is 12.4 Å². The number of rotatable bonds is 7. The van der Waals surface area contributed by atoms with Crippen LogP contribution < -0.4 is 10.5 Å². The standard InChI is InChI=1S/C15H23NO/c1-2-3-4-12-5-9-14(10-6-12)17-11-15(16)13-7-8-13/h5-6,9-10,13,15H,2-4,7-8,11,16H2,1H3. The molecule has 0 aromatic heterocycles. The highest BCUT2D eigenvalue weighted by molar-refractivity contribution is 5.27. The number of nitrogens with two attached hydrogens (primary N) is 1. The third kappa shape index (κ3) is 4.04. The van der Waals surface area contributed by atoms with E-state index in [1.54, 1.807) is 0 Å². The summed E-state index contributed by atoms with van der Waals surface area (Å²) >= 11 is 0. The fourth-order valence-electron chi connectivity index (χ4n) is 1.99. The largest absolute Gasteiger partial charge is 0.492 e. The first-order valence-electron chi connectivity index (χ1n) is 6.77. The summed E-state index contributed by atoms with van der Waals surface area (Å²) in [6.45, 7) is 2.87. The van der Waals surface area contributed by atoms with Crippen LogP contribution in [0.3, 0.4) is 0 Å². The topological polar surface area (TPSA) is 35.2 Å². The average molecular weight is 233 g/mol. The number of ether oxygens (including phenoxy) is 1. The van der Waals surface area contributed by atoms with Crippen molar-refractivity contribution in [3.8, 4) is 5.75 Å². The highest BCUT2D eigenvalue weighted by Gasteiger charge is 2.28. The first-order valence-corrected chi connectivity index (χ1v) is 6.77. The molecule has 1 atom stereocenters. The maximum Gasteiger partial charge on any atom is 0.119 e. The second-order valence-electron chi connectivity index (χ2n) is 5.06. The quantitative estimate of drug-likeness (QED) is 0.785. The van der Waals surface area contributed by atoms with Gasteiger partial charge in [0.25, 0.3) is 0 Å². The normalized spacial score (nSPS) is 16.8. The molecule has 1 aliphatic rings. The molecule has 0 saturated heterocycles. The Bertz CT molecular complexity index is 329. The third-order valence-electron chi connectivity index (χ3n) is 3.41. The smallest absolute Gasteiger partial charge is 0.119 e. The lowest BCUT2D eigenvalue weighted by atomic mass is 10.1. The molecule has 94 valence electrons. The van der Waals surface area contributed by atoms with Crippen LogP contribution in [-0.4, -0.2) is 12.6 Å². The van der Waals surface area contributed by atoms with E-state index in [0.717, 1.165) is 5.75 Å². The molecule has 2 heteroatoms. The monoisotopic (exact) mass is 233 g/mol. The fourth-order valence-corrected chi connectivity index (χ4v) is 1.99. The summed E-state index contributed by atoms with van der Waals surface area (Å²) < 4.78 is 5.70. The molecule has 1 aromatic rings. The van der Waals surface area contributed by atoms with Gasteiger partial charge in [-0.3, -0.25) is 0 Å². The van der Waals surface area contributed by atoms with E-state index < -0.39 is 0 Å². The third-order valence-corrected chi connectivity index (χ3v) is 3.41. The van der Waals surface area contributed by atoms with Gasteiger partial charge >= 0.3 is 0 Å². The molecule has 17 heavy (non-hydrogen) atoms. The number of aryl methyl sites for hydroxylation is 1. The minimum atomic E-state index is 0.217. The predicted molar refractivity (Wildman–Crippen MR) is 71.2 cm³/mol. The van der Waals surface area contributed by atoms with Crippen LogP contribution in [-0.2, 0) is 6.42 Å². The summed E-state index contributed by atoms with van der Waals surface area (Å²) in [5.41, 5.74) is 7.39. The molecular weight excluding hydrogens is 210 g/mol. The first kappa shape index (κ1) is 12.4. The summed E-state index contributed by atoms with van der Waals surface area (Å²) in [4.78, 5) is 0. The molecule has 2 N–H and O–H groups in total. The van der Waals surface area contributed by atoms with Crippen LogP contribution in [0.15, 0.2) is 24.3 Å². The number of hydrogen-bond acceptors (Lipinski definition) is 2. The summed E-state index contributed by atoms with van der Waals surface area (Å²) in [6, 6.07) is 8.66. The molecule has 1 aromatic carbocycles. The maximum absolute atomic E-state index is 6.00. The molecule has 1 saturated carbocycles. The van der Waals surface area contributed by atoms with Gasteiger partial charge in [-0.2, -0.15) is 0 Å². The second-order valence-corrected chi connectivity index (χ2v) is 5.06. The lowest BCUT2D eigenvalue weighted by Gasteiger charge is -2.12. The zero-order chi connectivity index (χ0) is 12.1. The van der Waals surface area contributed by atoms with Gasteiger partial charge in [0.2, 0.25) is 0 Å². The minimum Gasteiger partial charge on any atom is -0.492 e. The van der Waals surface area contributed by atoms with Crippen LogP contribution in [0.1, 0.15) is 38.2 Å². The van der Waals surface area contributed by atoms with E-state index in [-0.39, 0.29) is 6.04 Å². The Morgan fingerprint density at radius 3 is 2.59 bits per heavy atom. The lowest BCUT2D eigenvalue weighted by molar-refractivity contribution is 0.276. The molecule has 0 amide bonds. The Morgan fingerprint density at radius 2 is 2.00 bits per heavy atom.